The molecule has 7 nitrogen and oxygen atoms in total. The number of alkyl carbamates (subject to hydrolysis) is 1. The molecule has 0 bridgehead atoms. The van der Waals surface area contributed by atoms with Crippen molar-refractivity contribution < 1.29 is 18.3 Å². The molecule has 1 aliphatic heterocycles. The fraction of sp³-hybridized carbons (Fsp3) is 0.211. The molecule has 28 heavy (non-hydrogen) atoms. The number of rotatable bonds is 4. The summed E-state index contributed by atoms with van der Waals surface area (Å²) < 4.78 is 33.5. The van der Waals surface area contributed by atoms with Crippen LogP contribution in [-0.2, 0) is 10.3 Å². The number of hydrogen-bond donors (Lipinski definition) is 2. The molecule has 2 heterocycles. The van der Waals surface area contributed by atoms with Gasteiger partial charge in [0.2, 0.25) is 5.95 Å². The second kappa shape index (κ2) is 6.59. The zero-order chi connectivity index (χ0) is 19.9. The van der Waals surface area contributed by atoms with E-state index in [0.717, 1.165) is 29.3 Å². The van der Waals surface area contributed by atoms with Crippen molar-refractivity contribution in [3.63, 3.8) is 0 Å². The standard InChI is InChI=1S/C19H17F2N5O2/c1-11-3-12(19(2)9-22-18(27)28-19)5-15(4-11)24-17-23-10-26(25-17)16-7-13(20)6-14(21)8-16/h3-8,10H,9H2,1-2H3,(H,22,27)(H,24,25)/t19-/m1/s1. The lowest BCUT2D eigenvalue weighted by atomic mass is 9.94. The van der Waals surface area contributed by atoms with E-state index in [1.54, 1.807) is 0 Å². The molecule has 9 heteroatoms. The van der Waals surface area contributed by atoms with Gasteiger partial charge in [-0.05, 0) is 49.2 Å². The fourth-order valence-electron chi connectivity index (χ4n) is 3.08. The first-order valence-electron chi connectivity index (χ1n) is 8.55. The van der Waals surface area contributed by atoms with Crippen LogP contribution in [0.2, 0.25) is 0 Å². The number of nitrogens with one attached hydrogen (secondary N) is 2. The smallest absolute Gasteiger partial charge is 0.408 e. The van der Waals surface area contributed by atoms with Crippen LogP contribution in [0, 0.1) is 18.6 Å². The summed E-state index contributed by atoms with van der Waals surface area (Å²) in [5.74, 6) is -1.14. The molecule has 1 saturated heterocycles. The monoisotopic (exact) mass is 385 g/mol. The Hall–Kier alpha value is -3.49. The van der Waals surface area contributed by atoms with Gasteiger partial charge in [-0.3, -0.25) is 0 Å². The van der Waals surface area contributed by atoms with Gasteiger partial charge in [0.15, 0.2) is 5.60 Å². The number of hydrogen-bond acceptors (Lipinski definition) is 5. The van der Waals surface area contributed by atoms with Crippen molar-refractivity contribution >= 4 is 17.7 Å². The highest BCUT2D eigenvalue weighted by molar-refractivity contribution is 5.71. The van der Waals surface area contributed by atoms with Crippen molar-refractivity contribution in [3.05, 3.63) is 65.5 Å². The van der Waals surface area contributed by atoms with Crippen LogP contribution in [0.15, 0.2) is 42.7 Å². The highest BCUT2D eigenvalue weighted by atomic mass is 19.1. The van der Waals surface area contributed by atoms with Gasteiger partial charge in [-0.2, -0.15) is 4.98 Å². The second-order valence-corrected chi connectivity index (χ2v) is 6.83. The molecule has 1 aromatic heterocycles. The van der Waals surface area contributed by atoms with E-state index >= 15 is 0 Å². The van der Waals surface area contributed by atoms with E-state index in [1.807, 2.05) is 32.0 Å². The van der Waals surface area contributed by atoms with Crippen LogP contribution in [0.3, 0.4) is 0 Å². The number of aromatic nitrogens is 3. The minimum absolute atomic E-state index is 0.222. The van der Waals surface area contributed by atoms with E-state index in [-0.39, 0.29) is 11.6 Å². The average Bonchev–Trinajstić information content (AvgIpc) is 3.21. The van der Waals surface area contributed by atoms with Crippen LogP contribution < -0.4 is 10.6 Å². The third-order valence-corrected chi connectivity index (χ3v) is 4.44. The highest BCUT2D eigenvalue weighted by Gasteiger charge is 2.37. The molecular weight excluding hydrogens is 368 g/mol. The van der Waals surface area contributed by atoms with Crippen molar-refractivity contribution in [2.45, 2.75) is 19.4 Å². The van der Waals surface area contributed by atoms with Gasteiger partial charge in [0.1, 0.15) is 18.0 Å². The van der Waals surface area contributed by atoms with Crippen molar-refractivity contribution in [1.82, 2.24) is 20.1 Å². The Morgan fingerprint density at radius 1 is 1.18 bits per heavy atom. The number of ether oxygens (including phenoxy) is 1. The number of benzene rings is 2. The minimum Gasteiger partial charge on any atom is -0.436 e. The number of aryl methyl sites for hydroxylation is 1. The van der Waals surface area contributed by atoms with Crippen LogP contribution in [0.1, 0.15) is 18.1 Å². The fourth-order valence-corrected chi connectivity index (χ4v) is 3.08. The third kappa shape index (κ3) is 3.51. The largest absolute Gasteiger partial charge is 0.436 e. The molecule has 0 spiro atoms. The summed E-state index contributed by atoms with van der Waals surface area (Å²) in [6, 6.07) is 8.78. The molecule has 1 fully saturated rings. The zero-order valence-corrected chi connectivity index (χ0v) is 15.2. The van der Waals surface area contributed by atoms with E-state index in [1.165, 1.54) is 11.0 Å². The van der Waals surface area contributed by atoms with Crippen LogP contribution in [0.25, 0.3) is 5.69 Å². The van der Waals surface area contributed by atoms with Gasteiger partial charge >= 0.3 is 6.09 Å². The van der Waals surface area contributed by atoms with Gasteiger partial charge in [-0.25, -0.2) is 18.3 Å². The van der Waals surface area contributed by atoms with Crippen molar-refractivity contribution in [2.24, 2.45) is 0 Å². The second-order valence-electron chi connectivity index (χ2n) is 6.83. The van der Waals surface area contributed by atoms with E-state index in [4.69, 9.17) is 4.74 Å². The molecule has 3 aromatic rings. The van der Waals surface area contributed by atoms with E-state index < -0.39 is 23.3 Å². The van der Waals surface area contributed by atoms with Gasteiger partial charge in [0.05, 0.1) is 12.2 Å². The van der Waals surface area contributed by atoms with Crippen LogP contribution >= 0.6 is 0 Å². The van der Waals surface area contributed by atoms with E-state index in [9.17, 15) is 13.6 Å². The lowest BCUT2D eigenvalue weighted by molar-refractivity contribution is 0.0704. The molecule has 2 aromatic carbocycles. The quantitative estimate of drug-likeness (QED) is 0.718. The topological polar surface area (TPSA) is 81.1 Å². The first kappa shape index (κ1) is 17.9. The summed E-state index contributed by atoms with van der Waals surface area (Å²) in [5, 5.41) is 9.93. The molecule has 4 rings (SSSR count). The van der Waals surface area contributed by atoms with Gasteiger partial charge in [0.25, 0.3) is 0 Å². The predicted octanol–water partition coefficient (Wildman–Crippen LogP) is 3.55. The Kier molecular flexibility index (Phi) is 4.21. The summed E-state index contributed by atoms with van der Waals surface area (Å²) in [7, 11) is 0. The molecular formula is C19H17F2N5O2. The highest BCUT2D eigenvalue weighted by Crippen LogP contribution is 2.31. The Morgan fingerprint density at radius 3 is 2.61 bits per heavy atom. The summed E-state index contributed by atoms with van der Waals surface area (Å²) in [6.07, 6.45) is 0.901. The predicted molar refractivity (Wildman–Crippen MR) is 97.6 cm³/mol. The summed E-state index contributed by atoms with van der Waals surface area (Å²) >= 11 is 0. The Balaban J connectivity index is 1.60. The normalized spacial score (nSPS) is 18.6. The number of carbonyl (C=O) groups excluding carboxylic acids is 1. The molecule has 2 N–H and O–H groups in total. The number of anilines is 2. The van der Waals surface area contributed by atoms with Crippen LogP contribution in [0.4, 0.5) is 25.2 Å². The molecule has 0 unspecified atom stereocenters. The van der Waals surface area contributed by atoms with Gasteiger partial charge in [0, 0.05) is 11.8 Å². The Bertz CT molecular complexity index is 1050. The third-order valence-electron chi connectivity index (χ3n) is 4.44. The first-order valence-corrected chi connectivity index (χ1v) is 8.55. The van der Waals surface area contributed by atoms with Crippen molar-refractivity contribution in [2.75, 3.05) is 11.9 Å². The maximum absolute atomic E-state index is 13.4. The first-order chi connectivity index (χ1) is 13.3. The van der Waals surface area contributed by atoms with Crippen molar-refractivity contribution in [3.8, 4) is 5.69 Å². The maximum atomic E-state index is 13.4. The molecule has 0 radical (unpaired) electrons. The maximum Gasteiger partial charge on any atom is 0.408 e. The lowest BCUT2D eigenvalue weighted by Crippen LogP contribution is -2.26. The number of nitrogens with zero attached hydrogens (tertiary/aromatic N) is 3. The van der Waals surface area contributed by atoms with Crippen LogP contribution in [-0.4, -0.2) is 27.4 Å². The lowest BCUT2D eigenvalue weighted by Gasteiger charge is -2.22. The Morgan fingerprint density at radius 2 is 1.93 bits per heavy atom. The van der Waals surface area contributed by atoms with Crippen molar-refractivity contribution in [1.29, 1.82) is 0 Å². The number of cyclic esters (lactones) is 1. The molecule has 1 amide bonds. The molecule has 1 atom stereocenters. The van der Waals surface area contributed by atoms with Gasteiger partial charge < -0.3 is 15.4 Å². The number of amides is 1. The summed E-state index contributed by atoms with van der Waals surface area (Å²) in [6.45, 7) is 4.12. The Labute approximate surface area is 159 Å². The van der Waals surface area contributed by atoms with E-state index in [0.29, 0.717) is 12.2 Å². The van der Waals surface area contributed by atoms with E-state index in [2.05, 4.69) is 20.7 Å². The minimum atomic E-state index is -0.772. The SMILES string of the molecule is Cc1cc(Nc2ncn(-c3cc(F)cc(F)c3)n2)cc([C@@]2(C)CNC(=O)O2)c1. The summed E-state index contributed by atoms with van der Waals surface area (Å²) in [4.78, 5) is 15.6. The average molecular weight is 385 g/mol. The number of carbonyl (C=O) groups is 1. The molecule has 144 valence electrons. The number of halogens is 2. The molecule has 0 aliphatic carbocycles. The molecule has 1 aliphatic rings. The summed E-state index contributed by atoms with van der Waals surface area (Å²) in [5.41, 5.74) is 1.92. The van der Waals surface area contributed by atoms with Gasteiger partial charge in [-0.15, -0.1) is 5.10 Å². The zero-order valence-electron chi connectivity index (χ0n) is 15.2. The van der Waals surface area contributed by atoms with Gasteiger partial charge in [-0.1, -0.05) is 6.07 Å². The molecule has 0 saturated carbocycles. The van der Waals surface area contributed by atoms with Crippen LogP contribution in [0.5, 0.6) is 0 Å².